The van der Waals surface area contributed by atoms with E-state index in [0.29, 0.717) is 23.1 Å². The number of carbonyl (C=O) groups excluding carboxylic acids is 2. The number of aliphatic hydroxyl groups is 1. The molecule has 1 unspecified atom stereocenters. The predicted octanol–water partition coefficient (Wildman–Crippen LogP) is 5.81. The molecule has 1 heterocycles. The molecule has 1 atom stereocenters. The highest BCUT2D eigenvalue weighted by Gasteiger charge is 2.48. The van der Waals surface area contributed by atoms with Crippen LogP contribution in [0.5, 0.6) is 5.75 Å². The van der Waals surface area contributed by atoms with Gasteiger partial charge in [-0.2, -0.15) is 0 Å². The lowest BCUT2D eigenvalue weighted by Gasteiger charge is -2.27. The van der Waals surface area contributed by atoms with Crippen LogP contribution in [0.25, 0.3) is 5.76 Å². The largest absolute Gasteiger partial charge is 0.507 e. The van der Waals surface area contributed by atoms with Crippen molar-refractivity contribution in [2.75, 3.05) is 11.5 Å². The van der Waals surface area contributed by atoms with Crippen molar-refractivity contribution in [1.29, 1.82) is 0 Å². The summed E-state index contributed by atoms with van der Waals surface area (Å²) in [5, 5.41) is 11.5. The van der Waals surface area contributed by atoms with Crippen molar-refractivity contribution in [3.05, 3.63) is 99.8 Å². The van der Waals surface area contributed by atoms with Crippen LogP contribution in [0.2, 0.25) is 5.02 Å². The molecule has 1 saturated heterocycles. The average molecular weight is 466 g/mol. The summed E-state index contributed by atoms with van der Waals surface area (Å²) < 4.78 is 20.4. The predicted molar refractivity (Wildman–Crippen MR) is 125 cm³/mol. The van der Waals surface area contributed by atoms with E-state index in [2.05, 4.69) is 0 Å². The number of Topliss-reactive ketones (excluding diaryl/α,β-unsaturated/α-hetero) is 1. The Morgan fingerprint density at radius 3 is 2.48 bits per heavy atom. The van der Waals surface area contributed by atoms with Gasteiger partial charge in [-0.3, -0.25) is 14.5 Å². The maximum atomic E-state index is 15.0. The smallest absolute Gasteiger partial charge is 0.300 e. The monoisotopic (exact) mass is 465 g/mol. The molecule has 0 spiro atoms. The zero-order valence-electron chi connectivity index (χ0n) is 18.0. The number of hydrogen-bond acceptors (Lipinski definition) is 4. The first kappa shape index (κ1) is 22.6. The van der Waals surface area contributed by atoms with Crippen molar-refractivity contribution in [3.8, 4) is 5.75 Å². The Hall–Kier alpha value is -3.64. The molecule has 0 bridgehead atoms. The third-order valence-electron chi connectivity index (χ3n) is 5.52. The molecule has 3 aromatic carbocycles. The molecule has 1 aliphatic rings. The number of halogens is 2. The summed E-state index contributed by atoms with van der Waals surface area (Å²) in [6, 6.07) is 16.3. The third kappa shape index (κ3) is 3.98. The number of benzene rings is 3. The molecule has 33 heavy (non-hydrogen) atoms. The minimum absolute atomic E-state index is 0.0977. The quantitative estimate of drug-likeness (QED) is 0.293. The number of nitrogens with zero attached hydrogens (tertiary/aromatic N) is 1. The molecule has 1 fully saturated rings. The number of amides is 1. The molecule has 5 nitrogen and oxygen atoms in total. The van der Waals surface area contributed by atoms with E-state index in [-0.39, 0.29) is 16.7 Å². The van der Waals surface area contributed by atoms with Crippen LogP contribution in [0.3, 0.4) is 0 Å². The fraction of sp³-hybridized carbons (Fsp3) is 0.154. The maximum Gasteiger partial charge on any atom is 0.300 e. The molecular weight excluding hydrogens is 445 g/mol. The van der Waals surface area contributed by atoms with Gasteiger partial charge in [0.25, 0.3) is 11.7 Å². The van der Waals surface area contributed by atoms with Crippen LogP contribution in [0.15, 0.2) is 72.3 Å². The summed E-state index contributed by atoms with van der Waals surface area (Å²) in [4.78, 5) is 27.6. The second kappa shape index (κ2) is 9.08. The number of ether oxygens (including phenoxy) is 1. The highest BCUT2D eigenvalue weighted by atomic mass is 35.5. The first-order chi connectivity index (χ1) is 15.8. The number of aliphatic hydroxyl groups excluding tert-OH is 1. The normalized spacial score (nSPS) is 17.5. The SMILES string of the molecule is CCOc1cc(/C(O)=C2\C(=O)C(=O)N(c3ccccc3C)C2c2ccccc2F)ccc1Cl. The Morgan fingerprint density at radius 2 is 1.79 bits per heavy atom. The number of para-hydroxylation sites is 1. The number of aryl methyl sites for hydroxylation is 1. The van der Waals surface area contributed by atoms with Crippen LogP contribution < -0.4 is 9.64 Å². The van der Waals surface area contributed by atoms with Crippen LogP contribution in [0.1, 0.15) is 29.7 Å². The fourth-order valence-corrected chi connectivity index (χ4v) is 4.15. The number of anilines is 1. The van der Waals surface area contributed by atoms with E-state index in [9.17, 15) is 19.1 Å². The van der Waals surface area contributed by atoms with Crippen molar-refractivity contribution in [3.63, 3.8) is 0 Å². The maximum absolute atomic E-state index is 15.0. The van der Waals surface area contributed by atoms with Gasteiger partial charge in [0, 0.05) is 16.8 Å². The number of carbonyl (C=O) groups is 2. The van der Waals surface area contributed by atoms with Gasteiger partial charge in [-0.1, -0.05) is 48.0 Å². The van der Waals surface area contributed by atoms with Crippen LogP contribution in [-0.2, 0) is 9.59 Å². The Balaban J connectivity index is 1.97. The van der Waals surface area contributed by atoms with Gasteiger partial charge in [-0.05, 0) is 49.7 Å². The molecule has 7 heteroatoms. The lowest BCUT2D eigenvalue weighted by molar-refractivity contribution is -0.132. The minimum Gasteiger partial charge on any atom is -0.507 e. The van der Waals surface area contributed by atoms with E-state index < -0.39 is 29.3 Å². The molecule has 1 N–H and O–H groups in total. The van der Waals surface area contributed by atoms with Crippen molar-refractivity contribution >= 4 is 34.7 Å². The summed E-state index contributed by atoms with van der Waals surface area (Å²) in [6.07, 6.45) is 0. The summed E-state index contributed by atoms with van der Waals surface area (Å²) in [6.45, 7) is 3.92. The van der Waals surface area contributed by atoms with Crippen molar-refractivity contribution in [1.82, 2.24) is 0 Å². The van der Waals surface area contributed by atoms with E-state index in [1.807, 2.05) is 0 Å². The van der Waals surface area contributed by atoms with Crippen molar-refractivity contribution < 1.29 is 23.8 Å². The van der Waals surface area contributed by atoms with E-state index >= 15 is 0 Å². The van der Waals surface area contributed by atoms with Gasteiger partial charge in [0.15, 0.2) is 0 Å². The number of rotatable bonds is 5. The first-order valence-corrected chi connectivity index (χ1v) is 10.8. The van der Waals surface area contributed by atoms with Gasteiger partial charge in [-0.25, -0.2) is 4.39 Å². The van der Waals surface area contributed by atoms with Crippen LogP contribution >= 0.6 is 11.6 Å². The molecule has 0 aliphatic carbocycles. The lowest BCUT2D eigenvalue weighted by Crippen LogP contribution is -2.30. The Bertz CT molecular complexity index is 1290. The first-order valence-electron chi connectivity index (χ1n) is 10.4. The summed E-state index contributed by atoms with van der Waals surface area (Å²) >= 11 is 6.16. The lowest BCUT2D eigenvalue weighted by atomic mass is 9.94. The second-order valence-electron chi connectivity index (χ2n) is 7.56. The molecular formula is C26H21ClFNO4. The summed E-state index contributed by atoms with van der Waals surface area (Å²) in [5.41, 5.74) is 1.30. The van der Waals surface area contributed by atoms with E-state index in [1.165, 1.54) is 41.3 Å². The standard InChI is InChI=1S/C26H21ClFNO4/c1-3-33-21-14-16(12-13-18(21)27)24(30)22-23(17-9-5-6-10-19(17)28)29(26(32)25(22)31)20-11-7-4-8-15(20)2/h4-14,23,30H,3H2,1-2H3/b24-22+. The molecule has 0 saturated carbocycles. The molecule has 168 valence electrons. The second-order valence-corrected chi connectivity index (χ2v) is 7.96. The van der Waals surface area contributed by atoms with Gasteiger partial charge in [0.05, 0.1) is 23.2 Å². The van der Waals surface area contributed by atoms with E-state index in [4.69, 9.17) is 16.3 Å². The molecule has 0 radical (unpaired) electrons. The Labute approximate surface area is 195 Å². The number of hydrogen-bond donors (Lipinski definition) is 1. The minimum atomic E-state index is -1.15. The highest BCUT2D eigenvalue weighted by molar-refractivity contribution is 6.51. The van der Waals surface area contributed by atoms with Crippen LogP contribution in [0.4, 0.5) is 10.1 Å². The average Bonchev–Trinajstić information content (AvgIpc) is 3.06. The summed E-state index contributed by atoms with van der Waals surface area (Å²) in [5.74, 6) is -2.47. The molecule has 1 aliphatic heterocycles. The van der Waals surface area contributed by atoms with E-state index in [1.54, 1.807) is 44.2 Å². The van der Waals surface area contributed by atoms with Crippen molar-refractivity contribution in [2.24, 2.45) is 0 Å². The highest BCUT2D eigenvalue weighted by Crippen LogP contribution is 2.44. The van der Waals surface area contributed by atoms with Gasteiger partial charge in [0.2, 0.25) is 0 Å². The van der Waals surface area contributed by atoms with Gasteiger partial charge < -0.3 is 9.84 Å². The van der Waals surface area contributed by atoms with Gasteiger partial charge in [-0.15, -0.1) is 0 Å². The van der Waals surface area contributed by atoms with Gasteiger partial charge >= 0.3 is 0 Å². The summed E-state index contributed by atoms with van der Waals surface area (Å²) in [7, 11) is 0. The van der Waals surface area contributed by atoms with Crippen LogP contribution in [-0.4, -0.2) is 23.4 Å². The Morgan fingerprint density at radius 1 is 1.09 bits per heavy atom. The van der Waals surface area contributed by atoms with Crippen molar-refractivity contribution in [2.45, 2.75) is 19.9 Å². The van der Waals surface area contributed by atoms with Gasteiger partial charge in [0.1, 0.15) is 17.3 Å². The fourth-order valence-electron chi connectivity index (χ4n) is 3.98. The Kier molecular flexibility index (Phi) is 6.20. The zero-order valence-corrected chi connectivity index (χ0v) is 18.8. The molecule has 1 amide bonds. The van der Waals surface area contributed by atoms with Crippen LogP contribution in [0, 0.1) is 12.7 Å². The van der Waals surface area contributed by atoms with E-state index in [0.717, 1.165) is 5.56 Å². The number of ketones is 1. The molecule has 0 aromatic heterocycles. The molecule has 4 rings (SSSR count). The third-order valence-corrected chi connectivity index (χ3v) is 5.84. The zero-order chi connectivity index (χ0) is 23.7. The molecule has 3 aromatic rings. The topological polar surface area (TPSA) is 66.8 Å².